The molecule has 1 saturated carbocycles. The Kier molecular flexibility index (Phi) is 5.49. The van der Waals surface area contributed by atoms with Crippen LogP contribution in [0.5, 0.6) is 0 Å². The van der Waals surface area contributed by atoms with E-state index in [9.17, 15) is 0 Å². The fourth-order valence-corrected chi connectivity index (χ4v) is 2.81. The van der Waals surface area contributed by atoms with Gasteiger partial charge in [-0.1, -0.05) is 13.8 Å². The van der Waals surface area contributed by atoms with Crippen LogP contribution in [0.1, 0.15) is 40.0 Å². The van der Waals surface area contributed by atoms with Crippen molar-refractivity contribution in [2.45, 2.75) is 46.1 Å². The van der Waals surface area contributed by atoms with Crippen LogP contribution in [0.25, 0.3) is 0 Å². The van der Waals surface area contributed by atoms with E-state index in [1.807, 2.05) is 0 Å². The molecule has 110 valence electrons. The highest BCUT2D eigenvalue weighted by Crippen LogP contribution is 2.28. The number of piperidine rings is 1. The lowest BCUT2D eigenvalue weighted by Gasteiger charge is -2.30. The van der Waals surface area contributed by atoms with Crippen molar-refractivity contribution in [2.75, 3.05) is 32.7 Å². The van der Waals surface area contributed by atoms with Crippen LogP contribution in [0.2, 0.25) is 0 Å². The Balaban J connectivity index is 1.71. The van der Waals surface area contributed by atoms with Gasteiger partial charge in [0, 0.05) is 25.7 Å². The molecule has 19 heavy (non-hydrogen) atoms. The zero-order valence-electron chi connectivity index (χ0n) is 12.8. The minimum atomic E-state index is 0.646. The second-order valence-corrected chi connectivity index (χ2v) is 6.27. The quantitative estimate of drug-likeness (QED) is 0.587. The minimum absolute atomic E-state index is 0.646. The Morgan fingerprint density at radius 3 is 2.79 bits per heavy atom. The topological polar surface area (TPSA) is 39.7 Å². The molecule has 2 fully saturated rings. The first-order valence-electron chi connectivity index (χ1n) is 7.96. The number of aliphatic imine (C=N–C) groups is 1. The van der Waals surface area contributed by atoms with E-state index in [1.54, 1.807) is 0 Å². The first-order chi connectivity index (χ1) is 9.19. The normalized spacial score (nSPS) is 32.2. The summed E-state index contributed by atoms with van der Waals surface area (Å²) < 4.78 is 0. The first kappa shape index (κ1) is 14.6. The summed E-state index contributed by atoms with van der Waals surface area (Å²) in [4.78, 5) is 7.26. The van der Waals surface area contributed by atoms with E-state index in [4.69, 9.17) is 4.99 Å². The van der Waals surface area contributed by atoms with Gasteiger partial charge in [0.05, 0.1) is 6.54 Å². The summed E-state index contributed by atoms with van der Waals surface area (Å²) in [5, 5.41) is 6.85. The monoisotopic (exact) mass is 266 g/mol. The van der Waals surface area contributed by atoms with Crippen molar-refractivity contribution >= 4 is 5.96 Å². The summed E-state index contributed by atoms with van der Waals surface area (Å²) in [6.45, 7) is 12.2. The van der Waals surface area contributed by atoms with Gasteiger partial charge in [-0.25, -0.2) is 0 Å². The van der Waals surface area contributed by atoms with Crippen molar-refractivity contribution in [1.82, 2.24) is 15.5 Å². The molecule has 0 spiro atoms. The Bertz CT molecular complexity index is 303. The predicted octanol–water partition coefficient (Wildman–Crippen LogP) is 1.68. The highest BCUT2D eigenvalue weighted by atomic mass is 15.2. The van der Waals surface area contributed by atoms with E-state index in [1.165, 1.54) is 32.4 Å². The summed E-state index contributed by atoms with van der Waals surface area (Å²) in [5.74, 6) is 2.67. The van der Waals surface area contributed by atoms with Crippen molar-refractivity contribution in [2.24, 2.45) is 16.8 Å². The molecule has 3 unspecified atom stereocenters. The van der Waals surface area contributed by atoms with Crippen LogP contribution >= 0.6 is 0 Å². The highest BCUT2D eigenvalue weighted by Gasteiger charge is 2.33. The third-order valence-corrected chi connectivity index (χ3v) is 4.20. The fourth-order valence-electron chi connectivity index (χ4n) is 2.81. The van der Waals surface area contributed by atoms with Crippen LogP contribution in [0.4, 0.5) is 0 Å². The van der Waals surface area contributed by atoms with Crippen molar-refractivity contribution in [1.29, 1.82) is 0 Å². The van der Waals surface area contributed by atoms with Crippen molar-refractivity contribution in [3.05, 3.63) is 0 Å². The van der Waals surface area contributed by atoms with Gasteiger partial charge in [-0.15, -0.1) is 0 Å². The molecular weight excluding hydrogens is 236 g/mol. The van der Waals surface area contributed by atoms with Crippen LogP contribution in [-0.2, 0) is 0 Å². The molecule has 4 heteroatoms. The van der Waals surface area contributed by atoms with Crippen LogP contribution in [-0.4, -0.2) is 49.6 Å². The zero-order chi connectivity index (χ0) is 13.7. The standard InChI is InChI=1S/C15H30N4/c1-4-16-15(18-14-10-13(14)3)17-7-9-19-8-5-6-12(2)11-19/h12-14H,4-11H2,1-3H3,(H2,16,17,18). The van der Waals surface area contributed by atoms with E-state index < -0.39 is 0 Å². The van der Waals surface area contributed by atoms with Gasteiger partial charge in [0.15, 0.2) is 5.96 Å². The number of guanidine groups is 1. The maximum absolute atomic E-state index is 4.70. The van der Waals surface area contributed by atoms with E-state index >= 15 is 0 Å². The molecule has 0 aromatic heterocycles. The molecule has 0 aromatic rings. The summed E-state index contributed by atoms with van der Waals surface area (Å²) in [6, 6.07) is 0.646. The largest absolute Gasteiger partial charge is 0.357 e. The molecule has 0 bridgehead atoms. The predicted molar refractivity (Wildman–Crippen MR) is 81.5 cm³/mol. The van der Waals surface area contributed by atoms with Gasteiger partial charge in [0.2, 0.25) is 0 Å². The van der Waals surface area contributed by atoms with Gasteiger partial charge >= 0.3 is 0 Å². The first-order valence-corrected chi connectivity index (χ1v) is 7.96. The van der Waals surface area contributed by atoms with Crippen molar-refractivity contribution in [3.63, 3.8) is 0 Å². The third kappa shape index (κ3) is 5.01. The van der Waals surface area contributed by atoms with Crippen LogP contribution in [0.3, 0.4) is 0 Å². The smallest absolute Gasteiger partial charge is 0.191 e. The molecule has 1 heterocycles. The van der Waals surface area contributed by atoms with Gasteiger partial charge < -0.3 is 15.5 Å². The molecule has 3 atom stereocenters. The van der Waals surface area contributed by atoms with Crippen LogP contribution in [0, 0.1) is 11.8 Å². The summed E-state index contributed by atoms with van der Waals surface area (Å²) in [7, 11) is 0. The maximum Gasteiger partial charge on any atom is 0.191 e. The van der Waals surface area contributed by atoms with Gasteiger partial charge in [0.1, 0.15) is 0 Å². The zero-order valence-corrected chi connectivity index (χ0v) is 12.8. The number of rotatable bonds is 5. The molecule has 1 aliphatic carbocycles. The lowest BCUT2D eigenvalue weighted by molar-refractivity contribution is 0.189. The third-order valence-electron chi connectivity index (χ3n) is 4.20. The lowest BCUT2D eigenvalue weighted by atomic mass is 10.0. The number of hydrogen-bond acceptors (Lipinski definition) is 2. The molecule has 0 radical (unpaired) electrons. The Labute approximate surface area is 118 Å². The maximum atomic E-state index is 4.70. The summed E-state index contributed by atoms with van der Waals surface area (Å²) >= 11 is 0. The number of hydrogen-bond donors (Lipinski definition) is 2. The lowest BCUT2D eigenvalue weighted by Crippen LogP contribution is -2.40. The molecule has 2 rings (SSSR count). The van der Waals surface area contributed by atoms with E-state index in [-0.39, 0.29) is 0 Å². The fraction of sp³-hybridized carbons (Fsp3) is 0.933. The molecular formula is C15H30N4. The van der Waals surface area contributed by atoms with E-state index in [0.717, 1.165) is 37.4 Å². The number of likely N-dealkylation sites (tertiary alicyclic amines) is 1. The van der Waals surface area contributed by atoms with Crippen molar-refractivity contribution in [3.8, 4) is 0 Å². The highest BCUT2D eigenvalue weighted by molar-refractivity contribution is 5.80. The van der Waals surface area contributed by atoms with E-state index in [0.29, 0.717) is 6.04 Å². The summed E-state index contributed by atoms with van der Waals surface area (Å²) in [5.41, 5.74) is 0. The number of nitrogens with one attached hydrogen (secondary N) is 2. The summed E-state index contributed by atoms with van der Waals surface area (Å²) in [6.07, 6.45) is 4.03. The average molecular weight is 266 g/mol. The SMILES string of the molecule is CCNC(=NCCN1CCCC(C)C1)NC1CC1C. The molecule has 1 aliphatic heterocycles. The molecule has 2 aliphatic rings. The van der Waals surface area contributed by atoms with Crippen LogP contribution < -0.4 is 10.6 Å². The molecule has 0 amide bonds. The Hall–Kier alpha value is -0.770. The van der Waals surface area contributed by atoms with Gasteiger partial charge in [-0.3, -0.25) is 4.99 Å². The molecule has 0 aromatic carbocycles. The van der Waals surface area contributed by atoms with Gasteiger partial charge in [0.25, 0.3) is 0 Å². The second-order valence-electron chi connectivity index (χ2n) is 6.27. The number of nitrogens with zero attached hydrogens (tertiary/aromatic N) is 2. The Morgan fingerprint density at radius 1 is 1.37 bits per heavy atom. The van der Waals surface area contributed by atoms with Crippen LogP contribution in [0.15, 0.2) is 4.99 Å². The Morgan fingerprint density at radius 2 is 2.16 bits per heavy atom. The second kappa shape index (κ2) is 7.13. The molecule has 2 N–H and O–H groups in total. The minimum Gasteiger partial charge on any atom is -0.357 e. The molecule has 1 saturated heterocycles. The van der Waals surface area contributed by atoms with Gasteiger partial charge in [-0.2, -0.15) is 0 Å². The molecule has 4 nitrogen and oxygen atoms in total. The van der Waals surface area contributed by atoms with E-state index in [2.05, 4.69) is 36.3 Å². The van der Waals surface area contributed by atoms with Crippen molar-refractivity contribution < 1.29 is 0 Å². The van der Waals surface area contributed by atoms with Gasteiger partial charge in [-0.05, 0) is 44.6 Å². The average Bonchev–Trinajstić information content (AvgIpc) is 3.05.